The number of hydrogen-bond donors (Lipinski definition) is 0. The maximum absolute atomic E-state index is 12.0. The van der Waals surface area contributed by atoms with Gasteiger partial charge in [0.25, 0.3) is 0 Å². The standard InChI is InChI=1S/C13H10O4/c14-9-6-10(15)12(11(16)7-9)13(17)8-4-2-1-3-5-8/h1-5,12H,6-7H2. The van der Waals surface area contributed by atoms with E-state index in [9.17, 15) is 19.2 Å². The van der Waals surface area contributed by atoms with Crippen molar-refractivity contribution in [3.05, 3.63) is 35.9 Å². The molecule has 1 aliphatic rings. The lowest BCUT2D eigenvalue weighted by atomic mass is 9.81. The Morgan fingerprint density at radius 2 is 1.47 bits per heavy atom. The summed E-state index contributed by atoms with van der Waals surface area (Å²) in [6.07, 6.45) is -0.621. The van der Waals surface area contributed by atoms with Crippen LogP contribution in [0.3, 0.4) is 0 Å². The van der Waals surface area contributed by atoms with E-state index in [0.29, 0.717) is 5.56 Å². The SMILES string of the molecule is O=C1CC(=O)C(C(=O)c2ccccc2)C(=O)C1. The monoisotopic (exact) mass is 230 g/mol. The molecule has 1 aromatic carbocycles. The fraction of sp³-hybridized carbons (Fsp3) is 0.231. The molecule has 1 aliphatic carbocycles. The summed E-state index contributed by atoms with van der Waals surface area (Å²) in [6.45, 7) is 0. The van der Waals surface area contributed by atoms with E-state index in [2.05, 4.69) is 0 Å². The topological polar surface area (TPSA) is 68.3 Å². The first-order chi connectivity index (χ1) is 8.09. The lowest BCUT2D eigenvalue weighted by Gasteiger charge is -2.17. The molecule has 1 aromatic rings. The van der Waals surface area contributed by atoms with Crippen molar-refractivity contribution in [1.29, 1.82) is 0 Å². The first-order valence-electron chi connectivity index (χ1n) is 5.26. The highest BCUT2D eigenvalue weighted by Gasteiger charge is 2.39. The minimum absolute atomic E-state index is 0.311. The molecule has 1 fully saturated rings. The minimum Gasteiger partial charge on any atom is -0.299 e. The van der Waals surface area contributed by atoms with Gasteiger partial charge in [0.2, 0.25) is 0 Å². The highest BCUT2D eigenvalue weighted by Crippen LogP contribution is 2.19. The van der Waals surface area contributed by atoms with E-state index in [1.165, 1.54) is 0 Å². The molecule has 0 radical (unpaired) electrons. The van der Waals surface area contributed by atoms with Crippen LogP contribution in [0.4, 0.5) is 0 Å². The molecular weight excluding hydrogens is 220 g/mol. The van der Waals surface area contributed by atoms with E-state index in [1.807, 2.05) is 0 Å². The van der Waals surface area contributed by atoms with Crippen LogP contribution in [-0.2, 0) is 14.4 Å². The molecule has 86 valence electrons. The molecule has 0 atom stereocenters. The molecule has 0 N–H and O–H groups in total. The van der Waals surface area contributed by atoms with E-state index in [0.717, 1.165) is 0 Å². The van der Waals surface area contributed by atoms with Crippen LogP contribution in [0.15, 0.2) is 30.3 Å². The van der Waals surface area contributed by atoms with Crippen molar-refractivity contribution in [2.45, 2.75) is 12.8 Å². The first-order valence-corrected chi connectivity index (χ1v) is 5.26. The van der Waals surface area contributed by atoms with Gasteiger partial charge in [-0.25, -0.2) is 0 Å². The summed E-state index contributed by atoms with van der Waals surface area (Å²) < 4.78 is 0. The zero-order chi connectivity index (χ0) is 12.4. The quantitative estimate of drug-likeness (QED) is 0.561. The molecule has 0 amide bonds. The third-order valence-corrected chi connectivity index (χ3v) is 2.71. The van der Waals surface area contributed by atoms with Crippen molar-refractivity contribution in [1.82, 2.24) is 0 Å². The summed E-state index contributed by atoms with van der Waals surface area (Å²) in [7, 11) is 0. The molecule has 1 saturated carbocycles. The van der Waals surface area contributed by atoms with E-state index < -0.39 is 29.1 Å². The molecule has 0 saturated heterocycles. The van der Waals surface area contributed by atoms with Crippen molar-refractivity contribution >= 4 is 23.1 Å². The van der Waals surface area contributed by atoms with Crippen LogP contribution < -0.4 is 0 Å². The predicted octanol–water partition coefficient (Wildman–Crippen LogP) is 0.987. The van der Waals surface area contributed by atoms with E-state index in [4.69, 9.17) is 0 Å². The molecule has 0 aromatic heterocycles. The summed E-state index contributed by atoms with van der Waals surface area (Å²) in [5, 5.41) is 0. The van der Waals surface area contributed by atoms with Gasteiger partial charge < -0.3 is 0 Å². The van der Waals surface area contributed by atoms with Gasteiger partial charge in [0.1, 0.15) is 11.7 Å². The predicted molar refractivity (Wildman–Crippen MR) is 58.5 cm³/mol. The summed E-state index contributed by atoms with van der Waals surface area (Å²) in [6, 6.07) is 8.18. The normalized spacial score (nSPS) is 17.3. The van der Waals surface area contributed by atoms with Crippen LogP contribution in [0.1, 0.15) is 23.2 Å². The number of carbonyl (C=O) groups excluding carboxylic acids is 4. The fourth-order valence-corrected chi connectivity index (χ4v) is 1.90. The van der Waals surface area contributed by atoms with Gasteiger partial charge in [-0.3, -0.25) is 19.2 Å². The first kappa shape index (κ1) is 11.4. The molecule has 0 heterocycles. The van der Waals surface area contributed by atoms with Gasteiger partial charge >= 0.3 is 0 Å². The summed E-state index contributed by atoms with van der Waals surface area (Å²) in [4.78, 5) is 46.1. The van der Waals surface area contributed by atoms with Crippen molar-refractivity contribution in [2.24, 2.45) is 5.92 Å². The smallest absolute Gasteiger partial charge is 0.180 e. The molecule has 2 rings (SSSR count). The molecule has 17 heavy (non-hydrogen) atoms. The van der Waals surface area contributed by atoms with Crippen LogP contribution in [-0.4, -0.2) is 23.1 Å². The number of Topliss-reactive ketones (excluding diaryl/α,β-unsaturated/α-hetero) is 4. The van der Waals surface area contributed by atoms with E-state index in [-0.39, 0.29) is 12.8 Å². The van der Waals surface area contributed by atoms with Gasteiger partial charge in [0.15, 0.2) is 17.3 Å². The number of carbonyl (C=O) groups is 4. The second-order valence-corrected chi connectivity index (χ2v) is 3.99. The fourth-order valence-electron chi connectivity index (χ4n) is 1.90. The van der Waals surface area contributed by atoms with Gasteiger partial charge in [-0.2, -0.15) is 0 Å². The molecule has 0 unspecified atom stereocenters. The Hall–Kier alpha value is -2.10. The third-order valence-electron chi connectivity index (χ3n) is 2.71. The Balaban J connectivity index is 2.28. The van der Waals surface area contributed by atoms with Crippen molar-refractivity contribution in [2.75, 3.05) is 0 Å². The number of hydrogen-bond acceptors (Lipinski definition) is 4. The van der Waals surface area contributed by atoms with Crippen molar-refractivity contribution in [3.8, 4) is 0 Å². The van der Waals surface area contributed by atoms with Gasteiger partial charge in [-0.1, -0.05) is 30.3 Å². The average Bonchev–Trinajstić information content (AvgIpc) is 2.28. The van der Waals surface area contributed by atoms with Gasteiger partial charge in [0, 0.05) is 5.56 Å². The molecule has 4 heteroatoms. The van der Waals surface area contributed by atoms with Crippen LogP contribution >= 0.6 is 0 Å². The Labute approximate surface area is 97.6 Å². The van der Waals surface area contributed by atoms with E-state index in [1.54, 1.807) is 30.3 Å². The second-order valence-electron chi connectivity index (χ2n) is 3.99. The average molecular weight is 230 g/mol. The second kappa shape index (κ2) is 4.41. The Morgan fingerprint density at radius 1 is 0.941 bits per heavy atom. The Kier molecular flexibility index (Phi) is 2.95. The van der Waals surface area contributed by atoms with Crippen LogP contribution in [0.2, 0.25) is 0 Å². The molecular formula is C13H10O4. The number of ketones is 4. The largest absolute Gasteiger partial charge is 0.299 e. The third kappa shape index (κ3) is 2.20. The highest BCUT2D eigenvalue weighted by atomic mass is 16.2. The molecule has 0 spiro atoms. The minimum atomic E-state index is -1.28. The van der Waals surface area contributed by atoms with Gasteiger partial charge in [-0.15, -0.1) is 0 Å². The van der Waals surface area contributed by atoms with Crippen LogP contribution in [0.5, 0.6) is 0 Å². The Morgan fingerprint density at radius 3 is 2.00 bits per heavy atom. The lowest BCUT2D eigenvalue weighted by molar-refractivity contribution is -0.139. The van der Waals surface area contributed by atoms with E-state index >= 15 is 0 Å². The number of rotatable bonds is 2. The zero-order valence-electron chi connectivity index (χ0n) is 9.01. The van der Waals surface area contributed by atoms with Crippen molar-refractivity contribution < 1.29 is 19.2 Å². The molecule has 0 aliphatic heterocycles. The summed E-state index contributed by atoms with van der Waals surface area (Å²) in [5.74, 6) is -3.36. The lowest BCUT2D eigenvalue weighted by Crippen LogP contribution is -2.38. The highest BCUT2D eigenvalue weighted by molar-refractivity contribution is 6.32. The summed E-state index contributed by atoms with van der Waals surface area (Å²) >= 11 is 0. The maximum Gasteiger partial charge on any atom is 0.180 e. The van der Waals surface area contributed by atoms with Gasteiger partial charge in [-0.05, 0) is 0 Å². The number of benzene rings is 1. The molecule has 0 bridgehead atoms. The van der Waals surface area contributed by atoms with Crippen LogP contribution in [0.25, 0.3) is 0 Å². The maximum atomic E-state index is 12.0. The summed E-state index contributed by atoms with van der Waals surface area (Å²) in [5.41, 5.74) is 0.327. The Bertz CT molecular complexity index is 481. The zero-order valence-corrected chi connectivity index (χ0v) is 9.01. The van der Waals surface area contributed by atoms with Gasteiger partial charge in [0.05, 0.1) is 12.8 Å². The van der Waals surface area contributed by atoms with Crippen LogP contribution in [0, 0.1) is 5.92 Å². The molecule has 4 nitrogen and oxygen atoms in total. The van der Waals surface area contributed by atoms with Crippen molar-refractivity contribution in [3.63, 3.8) is 0 Å².